The van der Waals surface area contributed by atoms with Gasteiger partial charge in [-0.15, -0.1) is 0 Å². The van der Waals surface area contributed by atoms with E-state index in [9.17, 15) is 19.2 Å². The quantitative estimate of drug-likeness (QED) is 0.489. The smallest absolute Gasteiger partial charge is 0.274 e. The van der Waals surface area contributed by atoms with E-state index in [0.717, 1.165) is 11.8 Å². The molecule has 0 aromatic carbocycles. The van der Waals surface area contributed by atoms with Crippen molar-refractivity contribution in [1.29, 1.82) is 0 Å². The number of amides is 5. The number of fused-ring (bicyclic) bond motifs is 1. The predicted molar refractivity (Wildman–Crippen MR) is 42.8 cm³/mol. The molecule has 0 aliphatic carbocycles. The van der Waals surface area contributed by atoms with Crippen LogP contribution in [0.4, 0.5) is 4.79 Å². The van der Waals surface area contributed by atoms with Gasteiger partial charge in [0.15, 0.2) is 0 Å². The molecule has 0 saturated carbocycles. The number of urea groups is 1. The normalized spacial score (nSPS) is 26.1. The molecular weight excluding hydrogens is 188 g/mol. The average Bonchev–Trinajstić information content (AvgIpc) is 2.55. The van der Waals surface area contributed by atoms with Crippen molar-refractivity contribution in [1.82, 2.24) is 9.80 Å². The lowest BCUT2D eigenvalue weighted by Gasteiger charge is -2.10. The predicted octanol–water partition coefficient (Wildman–Crippen LogP) is -0.514. The lowest BCUT2D eigenvalue weighted by molar-refractivity contribution is -0.138. The standard InChI is InChI=1S/C8H8N2O4/c1-4(11)9-7(13)5-2-3-6(12)10(5)8(9)14/h5H,2-3H2,1H3. The van der Waals surface area contributed by atoms with Crippen LogP contribution in [0, 0.1) is 0 Å². The number of nitrogens with zero attached hydrogens (tertiary/aromatic N) is 2. The number of hydrogen-bond donors (Lipinski definition) is 0. The highest BCUT2D eigenvalue weighted by molar-refractivity contribution is 6.21. The van der Waals surface area contributed by atoms with Crippen LogP contribution in [0.1, 0.15) is 19.8 Å². The van der Waals surface area contributed by atoms with Gasteiger partial charge in [0, 0.05) is 13.3 Å². The summed E-state index contributed by atoms with van der Waals surface area (Å²) in [5.41, 5.74) is 0. The average molecular weight is 196 g/mol. The monoisotopic (exact) mass is 196 g/mol. The van der Waals surface area contributed by atoms with Gasteiger partial charge < -0.3 is 0 Å². The minimum absolute atomic E-state index is 0.202. The molecule has 6 heteroatoms. The molecular formula is C8H8N2O4. The second kappa shape index (κ2) is 2.63. The summed E-state index contributed by atoms with van der Waals surface area (Å²) in [5.74, 6) is -1.59. The molecule has 2 saturated heterocycles. The molecule has 6 nitrogen and oxygen atoms in total. The highest BCUT2D eigenvalue weighted by Crippen LogP contribution is 2.28. The molecule has 5 amide bonds. The summed E-state index contributed by atoms with van der Waals surface area (Å²) in [6, 6.07) is -1.53. The van der Waals surface area contributed by atoms with Gasteiger partial charge in [0.2, 0.25) is 11.8 Å². The molecule has 2 aliphatic heterocycles. The van der Waals surface area contributed by atoms with E-state index in [2.05, 4.69) is 0 Å². The van der Waals surface area contributed by atoms with E-state index in [-0.39, 0.29) is 12.3 Å². The van der Waals surface area contributed by atoms with Crippen molar-refractivity contribution in [3.63, 3.8) is 0 Å². The number of rotatable bonds is 0. The van der Waals surface area contributed by atoms with E-state index in [1.807, 2.05) is 0 Å². The highest BCUT2D eigenvalue weighted by atomic mass is 16.2. The Morgan fingerprint density at radius 1 is 1.36 bits per heavy atom. The van der Waals surface area contributed by atoms with Crippen LogP contribution in [0.15, 0.2) is 0 Å². The van der Waals surface area contributed by atoms with Crippen LogP contribution >= 0.6 is 0 Å². The van der Waals surface area contributed by atoms with E-state index in [4.69, 9.17) is 0 Å². The van der Waals surface area contributed by atoms with Crippen LogP contribution in [0.25, 0.3) is 0 Å². The second-order valence-electron chi connectivity index (χ2n) is 3.29. The number of imide groups is 4. The maximum absolute atomic E-state index is 11.5. The molecule has 0 spiro atoms. The summed E-state index contributed by atoms with van der Waals surface area (Å²) < 4.78 is 0. The van der Waals surface area contributed by atoms with Gasteiger partial charge in [0.05, 0.1) is 0 Å². The highest BCUT2D eigenvalue weighted by Gasteiger charge is 2.53. The third-order valence-electron chi connectivity index (χ3n) is 2.43. The first-order valence-electron chi connectivity index (χ1n) is 4.24. The van der Waals surface area contributed by atoms with Gasteiger partial charge in [0.25, 0.3) is 5.91 Å². The maximum atomic E-state index is 11.5. The number of hydrogen-bond acceptors (Lipinski definition) is 4. The molecule has 14 heavy (non-hydrogen) atoms. The fraction of sp³-hybridized carbons (Fsp3) is 0.500. The minimum Gasteiger partial charge on any atom is -0.274 e. The van der Waals surface area contributed by atoms with Crippen LogP contribution in [-0.2, 0) is 14.4 Å². The Kier molecular flexibility index (Phi) is 1.67. The topological polar surface area (TPSA) is 74.8 Å². The van der Waals surface area contributed by atoms with Crippen LogP contribution in [0.5, 0.6) is 0 Å². The molecule has 1 atom stereocenters. The molecule has 2 rings (SSSR count). The number of carbonyl (C=O) groups excluding carboxylic acids is 4. The van der Waals surface area contributed by atoms with Crippen molar-refractivity contribution in [2.75, 3.05) is 0 Å². The first kappa shape index (κ1) is 8.86. The lowest BCUT2D eigenvalue weighted by Crippen LogP contribution is -2.38. The molecule has 2 heterocycles. The van der Waals surface area contributed by atoms with Crippen molar-refractivity contribution in [3.05, 3.63) is 0 Å². The van der Waals surface area contributed by atoms with Gasteiger partial charge in [-0.1, -0.05) is 0 Å². The van der Waals surface area contributed by atoms with Crippen molar-refractivity contribution in [3.8, 4) is 0 Å². The Morgan fingerprint density at radius 2 is 2.00 bits per heavy atom. The second-order valence-corrected chi connectivity index (χ2v) is 3.29. The maximum Gasteiger partial charge on any atom is 0.341 e. The summed E-state index contributed by atoms with van der Waals surface area (Å²) in [6.07, 6.45) is 0.529. The fourth-order valence-corrected chi connectivity index (χ4v) is 1.80. The van der Waals surface area contributed by atoms with Crippen molar-refractivity contribution in [2.45, 2.75) is 25.8 Å². The molecule has 0 bridgehead atoms. The Bertz CT molecular complexity index is 362. The molecule has 0 N–H and O–H groups in total. The summed E-state index contributed by atoms with van der Waals surface area (Å²) in [5, 5.41) is 0. The Morgan fingerprint density at radius 3 is 2.50 bits per heavy atom. The van der Waals surface area contributed by atoms with Crippen LogP contribution < -0.4 is 0 Å². The molecule has 0 aromatic rings. The fourth-order valence-electron chi connectivity index (χ4n) is 1.80. The number of carbonyl (C=O) groups is 4. The zero-order valence-electron chi connectivity index (χ0n) is 7.52. The third kappa shape index (κ3) is 0.905. The largest absolute Gasteiger partial charge is 0.341 e. The molecule has 2 aliphatic rings. The Balaban J connectivity index is 2.38. The summed E-state index contributed by atoms with van der Waals surface area (Å²) in [7, 11) is 0. The summed E-state index contributed by atoms with van der Waals surface area (Å²) >= 11 is 0. The summed E-state index contributed by atoms with van der Waals surface area (Å²) in [4.78, 5) is 46.5. The Labute approximate surface area is 79.4 Å². The molecule has 2 fully saturated rings. The SMILES string of the molecule is CC(=O)N1C(=O)C2CCC(=O)N2C1=O. The van der Waals surface area contributed by atoms with E-state index in [0.29, 0.717) is 11.3 Å². The minimum atomic E-state index is -0.796. The van der Waals surface area contributed by atoms with Gasteiger partial charge >= 0.3 is 6.03 Å². The van der Waals surface area contributed by atoms with Gasteiger partial charge in [-0.05, 0) is 6.42 Å². The molecule has 0 radical (unpaired) electrons. The lowest BCUT2D eigenvalue weighted by atomic mass is 10.2. The zero-order chi connectivity index (χ0) is 10.5. The van der Waals surface area contributed by atoms with Crippen LogP contribution in [-0.4, -0.2) is 39.6 Å². The van der Waals surface area contributed by atoms with E-state index < -0.39 is 23.9 Å². The van der Waals surface area contributed by atoms with Crippen LogP contribution in [0.3, 0.4) is 0 Å². The van der Waals surface area contributed by atoms with E-state index in [1.165, 1.54) is 0 Å². The van der Waals surface area contributed by atoms with E-state index in [1.54, 1.807) is 0 Å². The van der Waals surface area contributed by atoms with Crippen LogP contribution in [0.2, 0.25) is 0 Å². The van der Waals surface area contributed by atoms with E-state index >= 15 is 0 Å². The first-order valence-corrected chi connectivity index (χ1v) is 4.24. The van der Waals surface area contributed by atoms with Gasteiger partial charge in [-0.25, -0.2) is 4.79 Å². The third-order valence-corrected chi connectivity index (χ3v) is 2.43. The van der Waals surface area contributed by atoms with Gasteiger partial charge in [-0.3, -0.25) is 19.3 Å². The van der Waals surface area contributed by atoms with Gasteiger partial charge in [-0.2, -0.15) is 4.90 Å². The zero-order valence-corrected chi connectivity index (χ0v) is 7.52. The molecule has 1 unspecified atom stereocenters. The van der Waals surface area contributed by atoms with Crippen molar-refractivity contribution < 1.29 is 19.2 Å². The van der Waals surface area contributed by atoms with Gasteiger partial charge in [0.1, 0.15) is 6.04 Å². The molecule has 74 valence electrons. The van der Waals surface area contributed by atoms with Crippen molar-refractivity contribution in [2.24, 2.45) is 0 Å². The summed E-state index contributed by atoms with van der Waals surface area (Å²) in [6.45, 7) is 1.13. The Hall–Kier alpha value is -1.72. The first-order chi connectivity index (χ1) is 6.54. The molecule has 0 aromatic heterocycles. The van der Waals surface area contributed by atoms with Crippen molar-refractivity contribution >= 4 is 23.8 Å².